The smallest absolute Gasteiger partial charge is 0.266 e. The van der Waals surface area contributed by atoms with Crippen LogP contribution in [0.25, 0.3) is 6.08 Å². The number of nitrogens with zero attached hydrogens (tertiary/aromatic N) is 1. The van der Waals surface area contributed by atoms with Crippen molar-refractivity contribution in [3.05, 3.63) is 38.7 Å². The maximum atomic E-state index is 12.3. The Morgan fingerprint density at radius 2 is 2.10 bits per heavy atom. The first kappa shape index (κ1) is 15.8. The fourth-order valence-corrected chi connectivity index (χ4v) is 3.51. The molecule has 2 nitrogen and oxygen atoms in total. The lowest BCUT2D eigenvalue weighted by Crippen LogP contribution is -2.31. The van der Waals surface area contributed by atoms with Crippen LogP contribution in [-0.4, -0.2) is 21.7 Å². The minimum Gasteiger partial charge on any atom is -0.293 e. The highest BCUT2D eigenvalue weighted by molar-refractivity contribution is 8.26. The van der Waals surface area contributed by atoms with Crippen molar-refractivity contribution in [3.8, 4) is 0 Å². The van der Waals surface area contributed by atoms with E-state index < -0.39 is 0 Å². The largest absolute Gasteiger partial charge is 0.293 e. The van der Waals surface area contributed by atoms with E-state index in [4.69, 9.17) is 35.4 Å². The van der Waals surface area contributed by atoms with Gasteiger partial charge in [0.05, 0.1) is 4.91 Å². The van der Waals surface area contributed by atoms with Gasteiger partial charge >= 0.3 is 0 Å². The molecule has 1 amide bonds. The lowest BCUT2D eigenvalue weighted by atomic mass is 10.2. The van der Waals surface area contributed by atoms with Crippen molar-refractivity contribution in [2.45, 2.75) is 13.8 Å². The molecule has 2 rings (SSSR count). The van der Waals surface area contributed by atoms with Crippen molar-refractivity contribution < 1.29 is 4.79 Å². The molecule has 0 bridgehead atoms. The molecule has 1 heterocycles. The number of carbonyl (C=O) groups is 1. The maximum Gasteiger partial charge on any atom is 0.266 e. The van der Waals surface area contributed by atoms with Gasteiger partial charge in [-0.2, -0.15) is 0 Å². The molecule has 0 saturated carbocycles. The SMILES string of the molecule is CC(C)CN1C(=O)/C(=C/c2ccc(Cl)cc2Cl)SC1=S. The topological polar surface area (TPSA) is 20.3 Å². The fourth-order valence-electron chi connectivity index (χ4n) is 1.78. The van der Waals surface area contributed by atoms with Crippen LogP contribution in [0.4, 0.5) is 0 Å². The number of benzene rings is 1. The summed E-state index contributed by atoms with van der Waals surface area (Å²) in [7, 11) is 0. The summed E-state index contributed by atoms with van der Waals surface area (Å²) in [5.41, 5.74) is 0.765. The van der Waals surface area contributed by atoms with E-state index in [1.165, 1.54) is 11.8 Å². The van der Waals surface area contributed by atoms with Gasteiger partial charge in [-0.05, 0) is 29.7 Å². The van der Waals surface area contributed by atoms with Crippen molar-refractivity contribution in [1.82, 2.24) is 4.90 Å². The molecule has 1 saturated heterocycles. The molecule has 20 heavy (non-hydrogen) atoms. The van der Waals surface area contributed by atoms with Gasteiger partial charge in [0.1, 0.15) is 4.32 Å². The third-order valence-electron chi connectivity index (χ3n) is 2.67. The highest BCUT2D eigenvalue weighted by atomic mass is 35.5. The van der Waals surface area contributed by atoms with E-state index in [-0.39, 0.29) is 5.91 Å². The second-order valence-corrected chi connectivity index (χ2v) is 7.37. The monoisotopic (exact) mass is 345 g/mol. The number of thioether (sulfide) groups is 1. The van der Waals surface area contributed by atoms with Crippen LogP contribution in [0.5, 0.6) is 0 Å². The molecule has 0 radical (unpaired) electrons. The summed E-state index contributed by atoms with van der Waals surface area (Å²) < 4.78 is 0.597. The molecule has 1 aromatic rings. The van der Waals surface area contributed by atoms with Crippen LogP contribution in [0, 0.1) is 5.92 Å². The number of amides is 1. The Labute approximate surface area is 138 Å². The summed E-state index contributed by atoms with van der Waals surface area (Å²) in [6.07, 6.45) is 1.76. The van der Waals surface area contributed by atoms with E-state index in [0.717, 1.165) is 5.56 Å². The molecule has 0 atom stereocenters. The molecule has 0 aliphatic carbocycles. The Morgan fingerprint density at radius 1 is 1.40 bits per heavy atom. The summed E-state index contributed by atoms with van der Waals surface area (Å²) in [5.74, 6) is 0.315. The minimum atomic E-state index is -0.0558. The molecule has 0 N–H and O–H groups in total. The molecule has 0 spiro atoms. The van der Waals surface area contributed by atoms with E-state index in [0.29, 0.717) is 31.7 Å². The first-order valence-corrected chi connectivity index (χ1v) is 8.07. The molecule has 106 valence electrons. The van der Waals surface area contributed by atoms with Crippen LogP contribution in [0.2, 0.25) is 10.0 Å². The third-order valence-corrected chi connectivity index (χ3v) is 4.61. The number of rotatable bonds is 3. The van der Waals surface area contributed by atoms with Crippen molar-refractivity contribution in [2.24, 2.45) is 5.92 Å². The Bertz CT molecular complexity index is 599. The molecule has 1 aliphatic rings. The Kier molecular flexibility index (Phi) is 5.13. The van der Waals surface area contributed by atoms with Gasteiger partial charge < -0.3 is 0 Å². The lowest BCUT2D eigenvalue weighted by molar-refractivity contribution is -0.122. The molecule has 1 fully saturated rings. The van der Waals surface area contributed by atoms with Crippen LogP contribution in [0.15, 0.2) is 23.1 Å². The Hall–Kier alpha value is -0.550. The summed E-state index contributed by atoms with van der Waals surface area (Å²) in [5, 5.41) is 1.09. The van der Waals surface area contributed by atoms with Gasteiger partial charge in [0, 0.05) is 16.6 Å². The van der Waals surface area contributed by atoms with Crippen LogP contribution in [0.1, 0.15) is 19.4 Å². The predicted octanol–water partition coefficient (Wildman–Crippen LogP) is 4.85. The van der Waals surface area contributed by atoms with Crippen molar-refractivity contribution in [3.63, 3.8) is 0 Å². The zero-order chi connectivity index (χ0) is 14.9. The number of halogens is 2. The number of carbonyl (C=O) groups excluding carboxylic acids is 1. The summed E-state index contributed by atoms with van der Waals surface area (Å²) >= 11 is 18.5. The number of hydrogen-bond donors (Lipinski definition) is 0. The zero-order valence-corrected chi connectivity index (χ0v) is 14.2. The second kappa shape index (κ2) is 6.48. The van der Waals surface area contributed by atoms with Crippen LogP contribution in [-0.2, 0) is 4.79 Å². The molecule has 0 aromatic heterocycles. The van der Waals surface area contributed by atoms with Gasteiger partial charge in [-0.3, -0.25) is 9.69 Å². The second-order valence-electron chi connectivity index (χ2n) is 4.85. The highest BCUT2D eigenvalue weighted by Gasteiger charge is 2.32. The van der Waals surface area contributed by atoms with E-state index in [1.807, 2.05) is 0 Å². The predicted molar refractivity (Wildman–Crippen MR) is 91.2 cm³/mol. The Balaban J connectivity index is 2.27. The minimum absolute atomic E-state index is 0.0558. The van der Waals surface area contributed by atoms with Crippen LogP contribution < -0.4 is 0 Å². The average molecular weight is 346 g/mol. The molecule has 1 aliphatic heterocycles. The van der Waals surface area contributed by atoms with Gasteiger partial charge in [-0.25, -0.2) is 0 Å². The molecule has 6 heteroatoms. The van der Waals surface area contributed by atoms with Crippen LogP contribution in [0.3, 0.4) is 0 Å². The van der Waals surface area contributed by atoms with Crippen molar-refractivity contribution in [1.29, 1.82) is 0 Å². The molecular formula is C14H13Cl2NOS2. The Morgan fingerprint density at radius 3 is 2.70 bits per heavy atom. The standard InChI is InChI=1S/C14H13Cl2NOS2/c1-8(2)7-17-13(18)12(20-14(17)19)5-9-3-4-10(15)6-11(9)16/h3-6,8H,7H2,1-2H3/b12-5-. The van der Waals surface area contributed by atoms with E-state index in [2.05, 4.69) is 13.8 Å². The average Bonchev–Trinajstić information content (AvgIpc) is 2.60. The lowest BCUT2D eigenvalue weighted by Gasteiger charge is -2.16. The van der Waals surface area contributed by atoms with Gasteiger partial charge in [0.25, 0.3) is 5.91 Å². The van der Waals surface area contributed by atoms with Gasteiger partial charge in [0.2, 0.25) is 0 Å². The zero-order valence-electron chi connectivity index (χ0n) is 11.0. The molecule has 0 unspecified atom stereocenters. The first-order valence-electron chi connectivity index (χ1n) is 6.09. The molecular weight excluding hydrogens is 333 g/mol. The normalized spacial score (nSPS) is 17.6. The highest BCUT2D eigenvalue weighted by Crippen LogP contribution is 2.34. The first-order chi connectivity index (χ1) is 9.38. The summed E-state index contributed by atoms with van der Waals surface area (Å²) in [6.45, 7) is 4.74. The third kappa shape index (κ3) is 3.55. The maximum absolute atomic E-state index is 12.3. The van der Waals surface area contributed by atoms with Crippen LogP contribution >= 0.6 is 47.2 Å². The van der Waals surface area contributed by atoms with Gasteiger partial charge in [-0.1, -0.05) is 67.1 Å². The number of hydrogen-bond acceptors (Lipinski definition) is 3. The summed E-state index contributed by atoms with van der Waals surface area (Å²) in [4.78, 5) is 14.6. The molecule has 1 aromatic carbocycles. The summed E-state index contributed by atoms with van der Waals surface area (Å²) in [6, 6.07) is 5.19. The van der Waals surface area contributed by atoms with E-state index in [1.54, 1.807) is 29.2 Å². The van der Waals surface area contributed by atoms with Gasteiger partial charge in [-0.15, -0.1) is 0 Å². The quantitative estimate of drug-likeness (QED) is 0.576. The fraction of sp³-hybridized carbons (Fsp3) is 0.286. The number of thiocarbonyl (C=S) groups is 1. The van der Waals surface area contributed by atoms with E-state index >= 15 is 0 Å². The van der Waals surface area contributed by atoms with Crippen molar-refractivity contribution in [2.75, 3.05) is 6.54 Å². The van der Waals surface area contributed by atoms with Gasteiger partial charge in [0.15, 0.2) is 0 Å². The van der Waals surface area contributed by atoms with E-state index in [9.17, 15) is 4.79 Å². The van der Waals surface area contributed by atoms with Crippen molar-refractivity contribution >= 4 is 63.5 Å².